The summed E-state index contributed by atoms with van der Waals surface area (Å²) in [4.78, 5) is 15.7. The maximum atomic E-state index is 13.2. The number of aromatic nitrogens is 2. The van der Waals surface area contributed by atoms with E-state index in [0.29, 0.717) is 5.75 Å². The third-order valence-electron chi connectivity index (χ3n) is 2.91. The molecule has 0 aromatic carbocycles. The molecule has 22 heavy (non-hydrogen) atoms. The number of nitrogens with zero attached hydrogens (tertiary/aromatic N) is 2. The van der Waals surface area contributed by atoms with Crippen LogP contribution in [0, 0.1) is 0 Å². The van der Waals surface area contributed by atoms with E-state index < -0.39 is 23.5 Å². The number of carbonyl (C=O) groups is 1. The van der Waals surface area contributed by atoms with Crippen molar-refractivity contribution >= 4 is 23.3 Å². The lowest BCUT2D eigenvalue weighted by Crippen LogP contribution is -2.29. The van der Waals surface area contributed by atoms with Crippen molar-refractivity contribution in [2.24, 2.45) is 0 Å². The normalized spacial score (nSPS) is 11.7. The summed E-state index contributed by atoms with van der Waals surface area (Å²) in [5.74, 6) is -0.0500. The quantitative estimate of drug-likeness (QED) is 0.854. The second kappa shape index (κ2) is 6.47. The zero-order valence-electron chi connectivity index (χ0n) is 11.9. The van der Waals surface area contributed by atoms with Crippen LogP contribution in [-0.2, 0) is 6.18 Å². The molecule has 0 spiro atoms. The fraction of sp³-hybridized carbons (Fsp3) is 0.385. The van der Waals surface area contributed by atoms with Gasteiger partial charge < -0.3 is 10.1 Å². The molecule has 1 N–H and O–H groups in total. The van der Waals surface area contributed by atoms with E-state index in [2.05, 4.69) is 10.3 Å². The van der Waals surface area contributed by atoms with Gasteiger partial charge in [0.2, 0.25) is 0 Å². The second-order valence-electron chi connectivity index (χ2n) is 4.33. The van der Waals surface area contributed by atoms with Crippen molar-refractivity contribution in [2.45, 2.75) is 6.18 Å². The van der Waals surface area contributed by atoms with Crippen LogP contribution in [0.1, 0.15) is 16.2 Å². The van der Waals surface area contributed by atoms with E-state index in [0.717, 1.165) is 4.40 Å². The summed E-state index contributed by atoms with van der Waals surface area (Å²) in [6.45, 7) is 0.272. The van der Waals surface area contributed by atoms with Gasteiger partial charge in [-0.15, -0.1) is 0 Å². The summed E-state index contributed by atoms with van der Waals surface area (Å²) < 4.78 is 45.6. The topological polar surface area (TPSA) is 55.6 Å². The number of hydrogen-bond donors (Lipinski definition) is 1. The summed E-state index contributed by atoms with van der Waals surface area (Å²) in [6.07, 6.45) is -1.54. The van der Waals surface area contributed by atoms with Crippen LogP contribution in [0.4, 0.5) is 13.2 Å². The van der Waals surface area contributed by atoms with Gasteiger partial charge in [-0.05, 0) is 18.4 Å². The molecule has 2 rings (SSSR count). The first-order valence-corrected chi connectivity index (χ1v) is 7.69. The number of amides is 1. The summed E-state index contributed by atoms with van der Waals surface area (Å²) >= 11 is 1.48. The number of fused-ring (bicyclic) bond motifs is 1. The number of thioether (sulfide) groups is 1. The van der Waals surface area contributed by atoms with Crippen molar-refractivity contribution in [1.82, 2.24) is 14.7 Å². The number of methoxy groups -OCH3 is 1. The molecule has 0 aliphatic heterocycles. The van der Waals surface area contributed by atoms with Crippen molar-refractivity contribution in [1.29, 1.82) is 0 Å². The average molecular weight is 333 g/mol. The summed E-state index contributed by atoms with van der Waals surface area (Å²) in [5, 5.41) is 2.47. The van der Waals surface area contributed by atoms with Crippen molar-refractivity contribution in [3.05, 3.63) is 29.7 Å². The monoisotopic (exact) mass is 333 g/mol. The standard InChI is InChI=1S/C13H14F3N3O2S/c1-21-8-4-3-6-19-9(12(20)17-5-7-22-2)10(13(14,15)16)18-11(8)19/h3-4,6H,5,7H2,1-2H3,(H,17,20). The lowest BCUT2D eigenvalue weighted by atomic mass is 10.3. The third-order valence-corrected chi connectivity index (χ3v) is 3.52. The van der Waals surface area contributed by atoms with Gasteiger partial charge in [-0.25, -0.2) is 4.98 Å². The SMILES string of the molecule is COc1cccn2c(C(=O)NCCSC)c(C(F)(F)F)nc12. The molecule has 0 aliphatic rings. The molecule has 0 aliphatic carbocycles. The molecule has 2 aromatic rings. The first kappa shape index (κ1) is 16.5. The Morgan fingerprint density at radius 2 is 2.23 bits per heavy atom. The van der Waals surface area contributed by atoms with E-state index in [1.807, 2.05) is 6.26 Å². The zero-order chi connectivity index (χ0) is 16.3. The number of carbonyl (C=O) groups excluding carboxylic acids is 1. The van der Waals surface area contributed by atoms with Crippen LogP contribution >= 0.6 is 11.8 Å². The first-order chi connectivity index (χ1) is 10.4. The highest BCUT2D eigenvalue weighted by Crippen LogP contribution is 2.33. The number of imidazole rings is 1. The van der Waals surface area contributed by atoms with Crippen molar-refractivity contribution < 1.29 is 22.7 Å². The molecular formula is C13H14F3N3O2S. The van der Waals surface area contributed by atoms with E-state index in [9.17, 15) is 18.0 Å². The minimum Gasteiger partial charge on any atom is -0.493 e. The number of rotatable bonds is 5. The molecule has 5 nitrogen and oxygen atoms in total. The van der Waals surface area contributed by atoms with Crippen LogP contribution in [0.25, 0.3) is 5.65 Å². The molecular weight excluding hydrogens is 319 g/mol. The Bertz CT molecular complexity index is 685. The lowest BCUT2D eigenvalue weighted by Gasteiger charge is -2.08. The van der Waals surface area contributed by atoms with E-state index in [-0.39, 0.29) is 17.9 Å². The number of pyridine rings is 1. The van der Waals surface area contributed by atoms with Gasteiger partial charge in [0.05, 0.1) is 7.11 Å². The van der Waals surface area contributed by atoms with Crippen LogP contribution in [0.2, 0.25) is 0 Å². The largest absolute Gasteiger partial charge is 0.493 e. The van der Waals surface area contributed by atoms with Crippen LogP contribution in [0.15, 0.2) is 18.3 Å². The second-order valence-corrected chi connectivity index (χ2v) is 5.31. The Balaban J connectivity index is 2.56. The van der Waals surface area contributed by atoms with E-state index >= 15 is 0 Å². The lowest BCUT2D eigenvalue weighted by molar-refractivity contribution is -0.141. The Kier molecular flexibility index (Phi) is 4.84. The third kappa shape index (κ3) is 3.13. The number of alkyl halides is 3. The molecule has 1 amide bonds. The Morgan fingerprint density at radius 1 is 1.50 bits per heavy atom. The highest BCUT2D eigenvalue weighted by atomic mass is 32.2. The molecule has 0 fully saturated rings. The van der Waals surface area contributed by atoms with E-state index in [1.54, 1.807) is 0 Å². The number of nitrogens with one attached hydrogen (secondary N) is 1. The molecule has 2 heterocycles. The van der Waals surface area contributed by atoms with Crippen LogP contribution < -0.4 is 10.1 Å². The minimum absolute atomic E-state index is 0.0488. The predicted octanol–water partition coefficient (Wildman–Crippen LogP) is 2.45. The Hall–Kier alpha value is -1.90. The molecule has 0 saturated carbocycles. The molecule has 120 valence electrons. The van der Waals surface area contributed by atoms with Gasteiger partial charge >= 0.3 is 6.18 Å². The fourth-order valence-corrected chi connectivity index (χ4v) is 2.27. The number of halogens is 3. The van der Waals surface area contributed by atoms with Crippen molar-refractivity contribution in [2.75, 3.05) is 25.7 Å². The summed E-state index contributed by atoms with van der Waals surface area (Å²) in [7, 11) is 1.33. The molecule has 0 radical (unpaired) electrons. The van der Waals surface area contributed by atoms with E-state index in [4.69, 9.17) is 4.74 Å². The highest BCUT2D eigenvalue weighted by Gasteiger charge is 2.40. The molecule has 2 aromatic heterocycles. The number of hydrogen-bond acceptors (Lipinski definition) is 4. The van der Waals surface area contributed by atoms with Crippen LogP contribution in [0.3, 0.4) is 0 Å². The van der Waals surface area contributed by atoms with Gasteiger partial charge in [-0.2, -0.15) is 24.9 Å². The highest BCUT2D eigenvalue weighted by molar-refractivity contribution is 7.98. The summed E-state index contributed by atoms with van der Waals surface area (Å²) in [5.41, 5.74) is -1.81. The summed E-state index contributed by atoms with van der Waals surface area (Å²) in [6, 6.07) is 2.98. The maximum absolute atomic E-state index is 13.2. The zero-order valence-corrected chi connectivity index (χ0v) is 12.7. The average Bonchev–Trinajstić information content (AvgIpc) is 2.86. The first-order valence-electron chi connectivity index (χ1n) is 6.29. The van der Waals surface area contributed by atoms with Gasteiger partial charge in [0.1, 0.15) is 5.69 Å². The van der Waals surface area contributed by atoms with Gasteiger partial charge in [-0.3, -0.25) is 9.20 Å². The van der Waals surface area contributed by atoms with Crippen molar-refractivity contribution in [3.63, 3.8) is 0 Å². The Labute approximate surface area is 128 Å². The predicted molar refractivity (Wildman–Crippen MR) is 77.5 cm³/mol. The van der Waals surface area contributed by atoms with E-state index in [1.165, 1.54) is 37.2 Å². The van der Waals surface area contributed by atoms with Crippen molar-refractivity contribution in [3.8, 4) is 5.75 Å². The van der Waals surface area contributed by atoms with Gasteiger partial charge in [0.25, 0.3) is 5.91 Å². The molecule has 0 saturated heterocycles. The van der Waals surface area contributed by atoms with Crippen LogP contribution in [-0.4, -0.2) is 41.0 Å². The maximum Gasteiger partial charge on any atom is 0.435 e. The molecule has 0 bridgehead atoms. The molecule has 0 atom stereocenters. The van der Waals surface area contributed by atoms with Crippen LogP contribution in [0.5, 0.6) is 5.75 Å². The van der Waals surface area contributed by atoms with Gasteiger partial charge in [-0.1, -0.05) is 0 Å². The van der Waals surface area contributed by atoms with Gasteiger partial charge in [0, 0.05) is 18.5 Å². The Morgan fingerprint density at radius 3 is 2.82 bits per heavy atom. The fourth-order valence-electron chi connectivity index (χ4n) is 1.97. The molecule has 9 heteroatoms. The van der Waals surface area contributed by atoms with Gasteiger partial charge in [0.15, 0.2) is 17.1 Å². The molecule has 0 unspecified atom stereocenters. The number of ether oxygens (including phenoxy) is 1. The minimum atomic E-state index is -4.73. The smallest absolute Gasteiger partial charge is 0.435 e.